The van der Waals surface area contributed by atoms with Gasteiger partial charge in [-0.05, 0) is 50.2 Å². The number of rotatable bonds is 12. The highest BCUT2D eigenvalue weighted by Gasteiger charge is 2.19. The van der Waals surface area contributed by atoms with Gasteiger partial charge in [0.25, 0.3) is 0 Å². The van der Waals surface area contributed by atoms with E-state index in [4.69, 9.17) is 9.73 Å². The molecule has 0 amide bonds. The van der Waals surface area contributed by atoms with Crippen LogP contribution in [0.1, 0.15) is 43.7 Å². The van der Waals surface area contributed by atoms with Crippen molar-refractivity contribution >= 4 is 29.9 Å². The van der Waals surface area contributed by atoms with Gasteiger partial charge in [0.15, 0.2) is 5.96 Å². The van der Waals surface area contributed by atoms with Gasteiger partial charge in [0.1, 0.15) is 0 Å². The summed E-state index contributed by atoms with van der Waals surface area (Å²) in [4.78, 5) is 7.34. The zero-order chi connectivity index (χ0) is 22.3. The van der Waals surface area contributed by atoms with Gasteiger partial charge in [0.05, 0.1) is 6.61 Å². The molecule has 1 aliphatic rings. The monoisotopic (exact) mass is 564 g/mol. The van der Waals surface area contributed by atoms with E-state index in [1.807, 2.05) is 0 Å². The second-order valence-electron chi connectivity index (χ2n) is 8.50. The molecule has 182 valence electrons. The molecular formula is C27H41IN4O. The van der Waals surface area contributed by atoms with Crippen molar-refractivity contribution in [1.82, 2.24) is 15.5 Å². The first-order chi connectivity index (χ1) is 15.8. The van der Waals surface area contributed by atoms with Crippen molar-refractivity contribution < 1.29 is 4.74 Å². The Kier molecular flexibility index (Phi) is 14.1. The van der Waals surface area contributed by atoms with Crippen LogP contribution in [0.5, 0.6) is 0 Å². The molecule has 5 nitrogen and oxygen atoms in total. The number of benzene rings is 2. The molecule has 0 aliphatic carbocycles. The first-order valence-corrected chi connectivity index (χ1v) is 12.3. The minimum atomic E-state index is 0. The fraction of sp³-hybridized carbons (Fsp3) is 0.519. The molecule has 0 saturated carbocycles. The second-order valence-corrected chi connectivity index (χ2v) is 8.50. The fourth-order valence-corrected chi connectivity index (χ4v) is 4.03. The maximum Gasteiger partial charge on any atom is 0.191 e. The molecule has 1 fully saturated rings. The van der Waals surface area contributed by atoms with Crippen LogP contribution in [0.3, 0.4) is 0 Å². The van der Waals surface area contributed by atoms with E-state index in [2.05, 4.69) is 83.1 Å². The number of aliphatic imine (C=N–C) groups is 1. The zero-order valence-electron chi connectivity index (χ0n) is 20.0. The molecule has 0 bridgehead atoms. The number of nitrogens with zero attached hydrogens (tertiary/aromatic N) is 2. The van der Waals surface area contributed by atoms with E-state index in [0.717, 1.165) is 84.0 Å². The van der Waals surface area contributed by atoms with Gasteiger partial charge >= 0.3 is 0 Å². The number of hydrogen-bond acceptors (Lipinski definition) is 3. The second kappa shape index (κ2) is 16.9. The average Bonchev–Trinajstić information content (AvgIpc) is 2.83. The van der Waals surface area contributed by atoms with Gasteiger partial charge in [-0.15, -0.1) is 24.0 Å². The Morgan fingerprint density at radius 3 is 2.27 bits per heavy atom. The summed E-state index contributed by atoms with van der Waals surface area (Å²) >= 11 is 0. The Morgan fingerprint density at radius 2 is 1.61 bits per heavy atom. The highest BCUT2D eigenvalue weighted by Crippen LogP contribution is 2.13. The summed E-state index contributed by atoms with van der Waals surface area (Å²) in [5.74, 6) is 0.957. The number of unbranched alkanes of at least 4 members (excludes halogenated alkanes) is 1. The summed E-state index contributed by atoms with van der Waals surface area (Å²) in [5.41, 5.74) is 2.74. The van der Waals surface area contributed by atoms with Gasteiger partial charge in [-0.3, -0.25) is 9.89 Å². The minimum absolute atomic E-state index is 0. The van der Waals surface area contributed by atoms with Crippen molar-refractivity contribution in [3.05, 3.63) is 71.8 Å². The van der Waals surface area contributed by atoms with Crippen molar-refractivity contribution in [2.24, 2.45) is 4.99 Å². The molecule has 0 radical (unpaired) electrons. The molecule has 3 rings (SSSR count). The number of likely N-dealkylation sites (tertiary alicyclic amines) is 1. The van der Waals surface area contributed by atoms with E-state index in [1.165, 1.54) is 11.1 Å². The summed E-state index contributed by atoms with van der Waals surface area (Å²) in [7, 11) is 0. The third-order valence-corrected chi connectivity index (χ3v) is 5.87. The first kappa shape index (κ1) is 27.6. The maximum atomic E-state index is 5.78. The van der Waals surface area contributed by atoms with Crippen LogP contribution in [-0.4, -0.2) is 56.3 Å². The lowest BCUT2D eigenvalue weighted by Crippen LogP contribution is -2.48. The van der Waals surface area contributed by atoms with Gasteiger partial charge in [0, 0.05) is 45.4 Å². The molecular weight excluding hydrogens is 523 g/mol. The van der Waals surface area contributed by atoms with Crippen molar-refractivity contribution in [2.45, 2.75) is 51.6 Å². The van der Waals surface area contributed by atoms with E-state index < -0.39 is 0 Å². The van der Waals surface area contributed by atoms with E-state index in [-0.39, 0.29) is 24.0 Å². The zero-order valence-corrected chi connectivity index (χ0v) is 22.4. The number of hydrogen-bond donors (Lipinski definition) is 2. The quantitative estimate of drug-likeness (QED) is 0.167. The lowest BCUT2D eigenvalue weighted by Gasteiger charge is -2.33. The highest BCUT2D eigenvalue weighted by atomic mass is 127. The lowest BCUT2D eigenvalue weighted by molar-refractivity contribution is 0.134. The van der Waals surface area contributed by atoms with Gasteiger partial charge in [-0.25, -0.2) is 0 Å². The van der Waals surface area contributed by atoms with E-state index in [9.17, 15) is 0 Å². The number of guanidine groups is 1. The van der Waals surface area contributed by atoms with Crippen molar-refractivity contribution in [3.8, 4) is 0 Å². The van der Waals surface area contributed by atoms with Crippen LogP contribution in [0.25, 0.3) is 0 Å². The molecule has 1 saturated heterocycles. The predicted octanol–water partition coefficient (Wildman–Crippen LogP) is 4.86. The van der Waals surface area contributed by atoms with Gasteiger partial charge in [0.2, 0.25) is 0 Å². The molecule has 1 heterocycles. The van der Waals surface area contributed by atoms with Crippen LogP contribution in [0.2, 0.25) is 0 Å². The Hall–Kier alpha value is -1.64. The predicted molar refractivity (Wildman–Crippen MR) is 149 cm³/mol. The summed E-state index contributed by atoms with van der Waals surface area (Å²) in [6, 6.07) is 21.8. The number of ether oxygens (including phenoxy) is 1. The Bertz CT molecular complexity index is 764. The van der Waals surface area contributed by atoms with Crippen LogP contribution < -0.4 is 10.6 Å². The van der Waals surface area contributed by atoms with Crippen LogP contribution in [0, 0.1) is 0 Å². The molecule has 0 atom stereocenters. The molecule has 0 spiro atoms. The molecule has 33 heavy (non-hydrogen) atoms. The smallest absolute Gasteiger partial charge is 0.191 e. The molecule has 6 heteroatoms. The highest BCUT2D eigenvalue weighted by molar-refractivity contribution is 14.0. The van der Waals surface area contributed by atoms with E-state index in [0.29, 0.717) is 6.04 Å². The summed E-state index contributed by atoms with van der Waals surface area (Å²) in [6.45, 7) is 8.77. The molecule has 2 aromatic rings. The number of nitrogens with one attached hydrogen (secondary N) is 2. The maximum absolute atomic E-state index is 5.78. The number of halogens is 1. The Labute approximate surface area is 217 Å². The summed E-state index contributed by atoms with van der Waals surface area (Å²) < 4.78 is 5.78. The minimum Gasteiger partial charge on any atom is -0.381 e. The average molecular weight is 565 g/mol. The lowest BCUT2D eigenvalue weighted by atomic mass is 10.0. The third kappa shape index (κ3) is 11.4. The van der Waals surface area contributed by atoms with Crippen LogP contribution >= 0.6 is 24.0 Å². The van der Waals surface area contributed by atoms with Crippen LogP contribution in [-0.2, 0) is 17.7 Å². The summed E-state index contributed by atoms with van der Waals surface area (Å²) in [6.07, 6.45) is 5.41. The third-order valence-electron chi connectivity index (χ3n) is 5.87. The van der Waals surface area contributed by atoms with Gasteiger partial charge < -0.3 is 15.4 Å². The Balaban J connectivity index is 0.00000385. The molecule has 0 unspecified atom stereocenters. The van der Waals surface area contributed by atoms with E-state index >= 15 is 0 Å². The SMILES string of the molecule is CCNC(=NCCCCOCCc1ccccc1)NC1CCN(Cc2ccccc2)CC1.I. The topological polar surface area (TPSA) is 48.9 Å². The molecule has 2 aromatic carbocycles. The Morgan fingerprint density at radius 1 is 0.939 bits per heavy atom. The molecule has 1 aliphatic heterocycles. The van der Waals surface area contributed by atoms with Crippen molar-refractivity contribution in [2.75, 3.05) is 39.4 Å². The molecule has 2 N–H and O–H groups in total. The fourth-order valence-electron chi connectivity index (χ4n) is 4.03. The van der Waals surface area contributed by atoms with Crippen molar-refractivity contribution in [3.63, 3.8) is 0 Å². The number of piperidine rings is 1. The molecule has 0 aromatic heterocycles. The first-order valence-electron chi connectivity index (χ1n) is 12.3. The van der Waals surface area contributed by atoms with Crippen LogP contribution in [0.4, 0.5) is 0 Å². The van der Waals surface area contributed by atoms with Gasteiger partial charge in [-0.2, -0.15) is 0 Å². The standard InChI is InChI=1S/C27H40N4O.HI/c1-2-28-27(29-18-9-10-21-32-22-17-24-11-5-3-6-12-24)30-26-15-19-31(20-16-26)23-25-13-7-4-8-14-25;/h3-8,11-14,26H,2,9-10,15-23H2,1H3,(H2,28,29,30);1H. The largest absolute Gasteiger partial charge is 0.381 e. The normalized spacial score (nSPS) is 15.1. The van der Waals surface area contributed by atoms with Crippen molar-refractivity contribution in [1.29, 1.82) is 0 Å². The van der Waals surface area contributed by atoms with Crippen LogP contribution in [0.15, 0.2) is 65.7 Å². The summed E-state index contributed by atoms with van der Waals surface area (Å²) in [5, 5.41) is 7.06. The van der Waals surface area contributed by atoms with Gasteiger partial charge in [-0.1, -0.05) is 60.7 Å². The van der Waals surface area contributed by atoms with E-state index in [1.54, 1.807) is 0 Å².